The molecule has 7 fully saturated rings. The monoisotopic (exact) mass is 675 g/mol. The van der Waals surface area contributed by atoms with E-state index in [1.54, 1.807) is 18.4 Å². The molecule has 0 spiro atoms. The molecule has 0 aromatic heterocycles. The first-order valence-corrected chi connectivity index (χ1v) is 23.2. The van der Waals surface area contributed by atoms with Crippen LogP contribution in [0.15, 0.2) is 11.6 Å². The molecule has 0 N–H and O–H groups in total. The van der Waals surface area contributed by atoms with Gasteiger partial charge in [0, 0.05) is 36.3 Å². The van der Waals surface area contributed by atoms with Crippen molar-refractivity contribution < 1.29 is 0 Å². The molecule has 7 saturated carbocycles. The van der Waals surface area contributed by atoms with Crippen LogP contribution in [0.1, 0.15) is 213 Å². The van der Waals surface area contributed by atoms with Gasteiger partial charge in [0.1, 0.15) is 0 Å². The Morgan fingerprint density at radius 3 is 1.10 bits per heavy atom. The predicted molar refractivity (Wildman–Crippen MR) is 211 cm³/mol. The third-order valence-corrected chi connectivity index (χ3v) is 16.7. The van der Waals surface area contributed by atoms with Crippen LogP contribution in [-0.2, 0) is 0 Å². The van der Waals surface area contributed by atoms with Crippen LogP contribution in [0.2, 0.25) is 0 Å². The fourth-order valence-corrected chi connectivity index (χ4v) is 13.6. The van der Waals surface area contributed by atoms with Crippen molar-refractivity contribution in [3.63, 3.8) is 0 Å². The Labute approximate surface area is 305 Å². The van der Waals surface area contributed by atoms with Gasteiger partial charge in [-0.15, -0.1) is 0 Å². The summed E-state index contributed by atoms with van der Waals surface area (Å²) in [6, 6.07) is 5.45. The van der Waals surface area contributed by atoms with Crippen molar-refractivity contribution in [3.8, 4) is 0 Å². The van der Waals surface area contributed by atoms with Gasteiger partial charge in [-0.05, 0) is 197 Å². The molecule has 0 aliphatic heterocycles. The van der Waals surface area contributed by atoms with E-state index in [1.807, 2.05) is 0 Å². The summed E-state index contributed by atoms with van der Waals surface area (Å²) in [4.78, 5) is 6.38. The summed E-state index contributed by atoms with van der Waals surface area (Å²) in [5.41, 5.74) is 1.79. The van der Waals surface area contributed by atoms with Crippen molar-refractivity contribution in [1.82, 2.24) is 9.80 Å². The van der Waals surface area contributed by atoms with Gasteiger partial charge in [-0.1, -0.05) is 64.0 Å². The minimum absolute atomic E-state index is 0.867. The van der Waals surface area contributed by atoms with Crippen LogP contribution in [0.5, 0.6) is 0 Å². The minimum Gasteiger partial charge on any atom is -0.294 e. The molecular formula is C47H82N2. The number of hydrogen-bond acceptors (Lipinski definition) is 2. The van der Waals surface area contributed by atoms with Crippen LogP contribution in [0.3, 0.4) is 0 Å². The highest BCUT2D eigenvalue weighted by molar-refractivity contribution is 5.09. The Balaban J connectivity index is 0.866. The van der Waals surface area contributed by atoms with E-state index in [2.05, 4.69) is 36.6 Å². The molecule has 7 aliphatic rings. The van der Waals surface area contributed by atoms with E-state index in [0.717, 1.165) is 71.8 Å². The van der Waals surface area contributed by atoms with Crippen molar-refractivity contribution in [1.29, 1.82) is 0 Å². The number of rotatable bonds is 9. The standard InChI is InChI=1S/C47H82N2/c1-35-14-26-44(27-15-35)49(45-28-16-36(2)17-29-45)47-32-24-41(25-33-47)40-22-20-39(21-23-40)37(3)34-38-18-30-46(31-19-38)48(42-10-6-4-7-11-42)43-12-8-5-9-13-43/h34-36,38-47H,4-33H2,1-3H3/b37-34+. The Morgan fingerprint density at radius 2 is 0.694 bits per heavy atom. The van der Waals surface area contributed by atoms with Gasteiger partial charge in [0.25, 0.3) is 0 Å². The van der Waals surface area contributed by atoms with Gasteiger partial charge in [-0.25, -0.2) is 0 Å². The highest BCUT2D eigenvalue weighted by atomic mass is 15.2. The molecule has 0 saturated heterocycles. The normalized spacial score (nSPS) is 41.3. The first-order valence-electron chi connectivity index (χ1n) is 23.2. The van der Waals surface area contributed by atoms with E-state index in [0.29, 0.717) is 0 Å². The maximum absolute atomic E-state index is 3.20. The van der Waals surface area contributed by atoms with Gasteiger partial charge in [-0.3, -0.25) is 9.80 Å². The molecule has 7 rings (SSSR count). The molecule has 0 atom stereocenters. The summed E-state index contributed by atoms with van der Waals surface area (Å²) in [5.74, 6) is 5.77. The van der Waals surface area contributed by atoms with E-state index in [4.69, 9.17) is 0 Å². The second-order valence-corrected chi connectivity index (χ2v) is 20.0. The molecule has 0 unspecified atom stereocenters. The zero-order valence-electron chi connectivity index (χ0n) is 33.1. The summed E-state index contributed by atoms with van der Waals surface area (Å²) in [5, 5.41) is 0. The van der Waals surface area contributed by atoms with E-state index in [-0.39, 0.29) is 0 Å². The highest BCUT2D eigenvalue weighted by Crippen LogP contribution is 2.45. The van der Waals surface area contributed by atoms with Gasteiger partial charge in [-0.2, -0.15) is 0 Å². The molecule has 0 radical (unpaired) electrons. The van der Waals surface area contributed by atoms with Crippen LogP contribution in [0.25, 0.3) is 0 Å². The maximum Gasteiger partial charge on any atom is 0.0102 e. The van der Waals surface area contributed by atoms with Crippen LogP contribution in [0.4, 0.5) is 0 Å². The zero-order chi connectivity index (χ0) is 33.6. The van der Waals surface area contributed by atoms with Crippen molar-refractivity contribution in [2.24, 2.45) is 35.5 Å². The molecule has 49 heavy (non-hydrogen) atoms. The third kappa shape index (κ3) is 9.61. The first-order chi connectivity index (χ1) is 24.0. The van der Waals surface area contributed by atoms with Crippen LogP contribution < -0.4 is 0 Å². The van der Waals surface area contributed by atoms with Gasteiger partial charge in [0.2, 0.25) is 0 Å². The summed E-state index contributed by atoms with van der Waals surface area (Å²) in [6.07, 6.45) is 47.7. The number of allylic oxidation sites excluding steroid dienone is 2. The molecule has 0 aromatic rings. The molecule has 0 heterocycles. The molecule has 2 nitrogen and oxygen atoms in total. The van der Waals surface area contributed by atoms with Crippen molar-refractivity contribution in [3.05, 3.63) is 11.6 Å². The number of nitrogens with zero attached hydrogens (tertiary/aromatic N) is 2. The Bertz CT molecular complexity index is 926. The molecule has 0 amide bonds. The van der Waals surface area contributed by atoms with Crippen LogP contribution >= 0.6 is 0 Å². The maximum atomic E-state index is 3.20. The molecule has 280 valence electrons. The first kappa shape index (κ1) is 37.0. The van der Waals surface area contributed by atoms with Gasteiger partial charge < -0.3 is 0 Å². The van der Waals surface area contributed by atoms with E-state index in [9.17, 15) is 0 Å². The average molecular weight is 675 g/mol. The van der Waals surface area contributed by atoms with Crippen LogP contribution in [-0.4, -0.2) is 46.1 Å². The molecule has 7 aliphatic carbocycles. The SMILES string of the molecule is C/C(=C\C1CCC(N(C2CCCCC2)C2CCCCC2)CC1)C1CCC(C2CCC(N(C3CCC(C)CC3)C3CCC(C)CC3)CC2)CC1. The molecular weight excluding hydrogens is 593 g/mol. The Hall–Kier alpha value is -0.340. The summed E-state index contributed by atoms with van der Waals surface area (Å²) in [6.45, 7) is 7.56. The average Bonchev–Trinajstić information content (AvgIpc) is 3.15. The fourth-order valence-electron chi connectivity index (χ4n) is 13.6. The molecule has 2 heteroatoms. The Kier molecular flexibility index (Phi) is 13.7. The smallest absolute Gasteiger partial charge is 0.0102 e. The second-order valence-electron chi connectivity index (χ2n) is 20.0. The lowest BCUT2D eigenvalue weighted by atomic mass is 9.68. The van der Waals surface area contributed by atoms with Gasteiger partial charge in [0.05, 0.1) is 0 Å². The zero-order valence-corrected chi connectivity index (χ0v) is 33.1. The van der Waals surface area contributed by atoms with Crippen molar-refractivity contribution >= 4 is 0 Å². The van der Waals surface area contributed by atoms with Gasteiger partial charge in [0.15, 0.2) is 0 Å². The van der Waals surface area contributed by atoms with Gasteiger partial charge >= 0.3 is 0 Å². The summed E-state index contributed by atoms with van der Waals surface area (Å²) >= 11 is 0. The quantitative estimate of drug-likeness (QED) is 0.225. The van der Waals surface area contributed by atoms with E-state index in [1.165, 1.54) is 180 Å². The van der Waals surface area contributed by atoms with Crippen molar-refractivity contribution in [2.75, 3.05) is 0 Å². The lowest BCUT2D eigenvalue weighted by Gasteiger charge is -2.50. The van der Waals surface area contributed by atoms with E-state index < -0.39 is 0 Å². The minimum atomic E-state index is 0.867. The topological polar surface area (TPSA) is 6.48 Å². The fraction of sp³-hybridized carbons (Fsp3) is 0.957. The Morgan fingerprint density at radius 1 is 0.367 bits per heavy atom. The molecule has 0 bridgehead atoms. The lowest BCUT2D eigenvalue weighted by molar-refractivity contribution is -0.000257. The highest BCUT2D eigenvalue weighted by Gasteiger charge is 2.40. The molecule has 0 aromatic carbocycles. The number of hydrogen-bond donors (Lipinski definition) is 0. The van der Waals surface area contributed by atoms with Crippen molar-refractivity contribution in [2.45, 2.75) is 250 Å². The largest absolute Gasteiger partial charge is 0.294 e. The summed E-state index contributed by atoms with van der Waals surface area (Å²) < 4.78 is 0. The predicted octanol–water partition coefficient (Wildman–Crippen LogP) is 13.3. The second kappa shape index (κ2) is 18.1. The van der Waals surface area contributed by atoms with Crippen LogP contribution in [0, 0.1) is 35.5 Å². The van der Waals surface area contributed by atoms with E-state index >= 15 is 0 Å². The summed E-state index contributed by atoms with van der Waals surface area (Å²) in [7, 11) is 0. The lowest BCUT2D eigenvalue weighted by Crippen LogP contribution is -2.52. The third-order valence-electron chi connectivity index (χ3n) is 16.7.